The van der Waals surface area contributed by atoms with E-state index in [1.54, 1.807) is 32.4 Å². The van der Waals surface area contributed by atoms with Gasteiger partial charge in [0.1, 0.15) is 0 Å². The summed E-state index contributed by atoms with van der Waals surface area (Å²) in [5.74, 6) is 1.61. The second-order valence-electron chi connectivity index (χ2n) is 4.63. The molecule has 1 aromatic carbocycles. The number of ether oxygens (including phenoxy) is 3. The molecule has 1 fully saturated rings. The number of hydrogen-bond acceptors (Lipinski definition) is 4. The predicted molar refractivity (Wildman–Crippen MR) is 75.5 cm³/mol. The van der Waals surface area contributed by atoms with Crippen LogP contribution in [0.2, 0.25) is 0 Å². The van der Waals surface area contributed by atoms with Crippen molar-refractivity contribution in [3.63, 3.8) is 0 Å². The summed E-state index contributed by atoms with van der Waals surface area (Å²) in [6.07, 6.45) is 0.997. The van der Waals surface area contributed by atoms with E-state index in [4.69, 9.17) is 14.2 Å². The number of benzene rings is 1. The number of anilines is 1. The van der Waals surface area contributed by atoms with E-state index in [-0.39, 0.29) is 6.03 Å². The zero-order valence-corrected chi connectivity index (χ0v) is 11.8. The first kappa shape index (κ1) is 14.5. The highest BCUT2D eigenvalue weighted by Crippen LogP contribution is 2.29. The standard InChI is InChI=1S/C14H20N2O4/c1-18-12-4-3-11(7-13(12)19-2)16-14(17)15-8-10-5-6-20-9-10/h3-4,7,10H,5-6,8-9H2,1-2H3,(H2,15,16,17). The molecule has 20 heavy (non-hydrogen) atoms. The van der Waals surface area contributed by atoms with Gasteiger partial charge in [-0.15, -0.1) is 0 Å². The molecule has 1 aromatic rings. The largest absolute Gasteiger partial charge is 0.493 e. The Morgan fingerprint density at radius 1 is 1.35 bits per heavy atom. The minimum Gasteiger partial charge on any atom is -0.493 e. The Labute approximate surface area is 118 Å². The van der Waals surface area contributed by atoms with Crippen molar-refractivity contribution in [1.29, 1.82) is 0 Å². The Kier molecular flexibility index (Phi) is 5.06. The SMILES string of the molecule is COc1ccc(NC(=O)NCC2CCOC2)cc1OC. The highest BCUT2D eigenvalue weighted by Gasteiger charge is 2.16. The lowest BCUT2D eigenvalue weighted by Gasteiger charge is -2.12. The summed E-state index contributed by atoms with van der Waals surface area (Å²) in [6.45, 7) is 2.12. The highest BCUT2D eigenvalue weighted by atomic mass is 16.5. The molecule has 2 rings (SSSR count). The fourth-order valence-electron chi connectivity index (χ4n) is 2.07. The number of amides is 2. The first-order valence-electron chi connectivity index (χ1n) is 6.57. The summed E-state index contributed by atoms with van der Waals surface area (Å²) in [5, 5.41) is 5.60. The van der Waals surface area contributed by atoms with Gasteiger partial charge in [0, 0.05) is 30.8 Å². The zero-order chi connectivity index (χ0) is 14.4. The predicted octanol–water partition coefficient (Wildman–Crippen LogP) is 1.86. The van der Waals surface area contributed by atoms with Crippen LogP contribution in [0, 0.1) is 5.92 Å². The zero-order valence-electron chi connectivity index (χ0n) is 11.8. The lowest BCUT2D eigenvalue weighted by atomic mass is 10.1. The molecule has 1 atom stereocenters. The molecule has 2 amide bonds. The summed E-state index contributed by atoms with van der Waals surface area (Å²) in [7, 11) is 3.13. The maximum Gasteiger partial charge on any atom is 0.319 e. The van der Waals surface area contributed by atoms with Crippen LogP contribution >= 0.6 is 0 Å². The molecule has 1 saturated heterocycles. The quantitative estimate of drug-likeness (QED) is 0.864. The van der Waals surface area contributed by atoms with Crippen LogP contribution < -0.4 is 20.1 Å². The topological polar surface area (TPSA) is 68.8 Å². The van der Waals surface area contributed by atoms with E-state index in [0.717, 1.165) is 19.6 Å². The van der Waals surface area contributed by atoms with Crippen LogP contribution in [-0.2, 0) is 4.74 Å². The fourth-order valence-corrected chi connectivity index (χ4v) is 2.07. The molecule has 1 heterocycles. The number of carbonyl (C=O) groups is 1. The third kappa shape index (κ3) is 3.77. The number of nitrogens with one attached hydrogen (secondary N) is 2. The summed E-state index contributed by atoms with van der Waals surface area (Å²) in [5.41, 5.74) is 0.655. The van der Waals surface area contributed by atoms with Crippen molar-refractivity contribution in [3.8, 4) is 11.5 Å². The molecule has 110 valence electrons. The third-order valence-electron chi connectivity index (χ3n) is 3.22. The minimum atomic E-state index is -0.232. The fraction of sp³-hybridized carbons (Fsp3) is 0.500. The van der Waals surface area contributed by atoms with Crippen LogP contribution in [0.3, 0.4) is 0 Å². The van der Waals surface area contributed by atoms with E-state index in [1.807, 2.05) is 0 Å². The third-order valence-corrected chi connectivity index (χ3v) is 3.22. The van der Waals surface area contributed by atoms with Crippen molar-refractivity contribution in [2.45, 2.75) is 6.42 Å². The maximum atomic E-state index is 11.8. The number of carbonyl (C=O) groups excluding carboxylic acids is 1. The molecular weight excluding hydrogens is 260 g/mol. The van der Waals surface area contributed by atoms with Crippen LogP contribution in [0.4, 0.5) is 10.5 Å². The smallest absolute Gasteiger partial charge is 0.319 e. The van der Waals surface area contributed by atoms with Gasteiger partial charge in [-0.1, -0.05) is 0 Å². The van der Waals surface area contributed by atoms with Crippen molar-refractivity contribution >= 4 is 11.7 Å². The van der Waals surface area contributed by atoms with Crippen LogP contribution in [0.25, 0.3) is 0 Å². The molecule has 0 aromatic heterocycles. The van der Waals surface area contributed by atoms with Gasteiger partial charge in [-0.3, -0.25) is 0 Å². The van der Waals surface area contributed by atoms with Gasteiger partial charge in [0.2, 0.25) is 0 Å². The van der Waals surface area contributed by atoms with E-state index in [2.05, 4.69) is 10.6 Å². The Bertz CT molecular complexity index is 458. The van der Waals surface area contributed by atoms with Crippen LogP contribution in [0.15, 0.2) is 18.2 Å². The normalized spacial score (nSPS) is 17.6. The lowest BCUT2D eigenvalue weighted by molar-refractivity contribution is 0.185. The average molecular weight is 280 g/mol. The Morgan fingerprint density at radius 2 is 2.15 bits per heavy atom. The summed E-state index contributed by atoms with van der Waals surface area (Å²) < 4.78 is 15.6. The molecule has 0 saturated carbocycles. The van der Waals surface area contributed by atoms with Gasteiger partial charge in [0.05, 0.1) is 20.8 Å². The highest BCUT2D eigenvalue weighted by molar-refractivity contribution is 5.89. The van der Waals surface area contributed by atoms with Gasteiger partial charge < -0.3 is 24.8 Å². The van der Waals surface area contributed by atoms with Gasteiger partial charge in [0.15, 0.2) is 11.5 Å². The van der Waals surface area contributed by atoms with Gasteiger partial charge in [-0.25, -0.2) is 4.79 Å². The minimum absolute atomic E-state index is 0.232. The molecular formula is C14H20N2O4. The average Bonchev–Trinajstić information content (AvgIpc) is 2.98. The molecule has 1 unspecified atom stereocenters. The Balaban J connectivity index is 1.86. The molecule has 0 bridgehead atoms. The van der Waals surface area contributed by atoms with Gasteiger partial charge in [-0.2, -0.15) is 0 Å². The van der Waals surface area contributed by atoms with Crippen LogP contribution in [0.1, 0.15) is 6.42 Å². The molecule has 1 aliphatic rings. The van der Waals surface area contributed by atoms with E-state index >= 15 is 0 Å². The van der Waals surface area contributed by atoms with Crippen LogP contribution in [0.5, 0.6) is 11.5 Å². The monoisotopic (exact) mass is 280 g/mol. The van der Waals surface area contributed by atoms with Crippen molar-refractivity contribution in [2.75, 3.05) is 39.3 Å². The summed E-state index contributed by atoms with van der Waals surface area (Å²) in [4.78, 5) is 11.8. The van der Waals surface area contributed by atoms with E-state index < -0.39 is 0 Å². The number of rotatable bonds is 5. The summed E-state index contributed by atoms with van der Waals surface area (Å²) >= 11 is 0. The maximum absolute atomic E-state index is 11.8. The van der Waals surface area contributed by atoms with Gasteiger partial charge in [-0.05, 0) is 18.6 Å². The second-order valence-corrected chi connectivity index (χ2v) is 4.63. The molecule has 1 aliphatic heterocycles. The molecule has 6 heteroatoms. The van der Waals surface area contributed by atoms with E-state index in [1.165, 1.54) is 0 Å². The van der Waals surface area contributed by atoms with Gasteiger partial charge in [0.25, 0.3) is 0 Å². The first-order valence-corrected chi connectivity index (χ1v) is 6.57. The summed E-state index contributed by atoms with van der Waals surface area (Å²) in [6, 6.07) is 5.00. The molecule has 2 N–H and O–H groups in total. The lowest BCUT2D eigenvalue weighted by Crippen LogP contribution is -2.33. The first-order chi connectivity index (χ1) is 9.72. The van der Waals surface area contributed by atoms with Crippen molar-refractivity contribution in [3.05, 3.63) is 18.2 Å². The number of hydrogen-bond donors (Lipinski definition) is 2. The van der Waals surface area contributed by atoms with Crippen LogP contribution in [-0.4, -0.2) is 40.0 Å². The molecule has 0 radical (unpaired) electrons. The van der Waals surface area contributed by atoms with E-state index in [9.17, 15) is 4.79 Å². The van der Waals surface area contributed by atoms with Crippen molar-refractivity contribution in [2.24, 2.45) is 5.92 Å². The van der Waals surface area contributed by atoms with Crippen molar-refractivity contribution < 1.29 is 19.0 Å². The number of urea groups is 1. The molecule has 0 spiro atoms. The second kappa shape index (κ2) is 7.00. The van der Waals surface area contributed by atoms with Crippen molar-refractivity contribution in [1.82, 2.24) is 5.32 Å². The van der Waals surface area contributed by atoms with Gasteiger partial charge >= 0.3 is 6.03 Å². The Hall–Kier alpha value is -1.95. The number of methoxy groups -OCH3 is 2. The molecule has 6 nitrogen and oxygen atoms in total. The van der Waals surface area contributed by atoms with E-state index in [0.29, 0.717) is 29.6 Å². The molecule has 0 aliphatic carbocycles. The Morgan fingerprint density at radius 3 is 2.80 bits per heavy atom.